The van der Waals surface area contributed by atoms with Gasteiger partial charge in [0.2, 0.25) is 5.89 Å². The Hall–Kier alpha value is -1.61. The quantitative estimate of drug-likeness (QED) is 0.787. The highest BCUT2D eigenvalue weighted by molar-refractivity contribution is 5.54. The second-order valence-electron chi connectivity index (χ2n) is 3.25. The largest absolute Gasteiger partial charge is 0.445 e. The highest BCUT2D eigenvalue weighted by atomic mass is 16.3. The first-order chi connectivity index (χ1) is 6.77. The molecule has 0 radical (unpaired) electrons. The van der Waals surface area contributed by atoms with E-state index in [1.165, 1.54) is 0 Å². The molecular formula is C11H12N2O. The average molecular weight is 188 g/mol. The van der Waals surface area contributed by atoms with Crippen molar-refractivity contribution in [3.8, 4) is 11.5 Å². The summed E-state index contributed by atoms with van der Waals surface area (Å²) in [6.07, 6.45) is 3.20. The Balaban J connectivity index is 2.41. The fourth-order valence-corrected chi connectivity index (χ4v) is 1.32. The summed E-state index contributed by atoms with van der Waals surface area (Å²) in [6.45, 7) is 1.95. The third kappa shape index (κ3) is 1.67. The Bertz CT molecular complexity index is 407. The third-order valence-electron chi connectivity index (χ3n) is 2.09. The zero-order valence-electron chi connectivity index (χ0n) is 7.97. The number of oxazole rings is 1. The number of hydrogen-bond donors (Lipinski definition) is 1. The molecule has 0 saturated heterocycles. The van der Waals surface area contributed by atoms with Gasteiger partial charge in [0, 0.05) is 11.6 Å². The van der Waals surface area contributed by atoms with Crippen molar-refractivity contribution >= 4 is 0 Å². The van der Waals surface area contributed by atoms with Crippen LogP contribution >= 0.6 is 0 Å². The van der Waals surface area contributed by atoms with Gasteiger partial charge >= 0.3 is 0 Å². The lowest BCUT2D eigenvalue weighted by molar-refractivity contribution is 0.574. The maximum Gasteiger partial charge on any atom is 0.225 e. The molecule has 0 fully saturated rings. The molecule has 0 bridgehead atoms. The van der Waals surface area contributed by atoms with Crippen molar-refractivity contribution in [2.24, 2.45) is 5.73 Å². The van der Waals surface area contributed by atoms with Crippen molar-refractivity contribution in [3.05, 3.63) is 42.3 Å². The first-order valence-electron chi connectivity index (χ1n) is 4.53. The highest BCUT2D eigenvalue weighted by Crippen LogP contribution is 2.20. The molecule has 2 aromatic rings. The summed E-state index contributed by atoms with van der Waals surface area (Å²) in [6, 6.07) is 7.94. The van der Waals surface area contributed by atoms with Crippen LogP contribution in [0.3, 0.4) is 0 Å². The Morgan fingerprint density at radius 2 is 2.29 bits per heavy atom. The summed E-state index contributed by atoms with van der Waals surface area (Å²) < 4.78 is 5.20. The van der Waals surface area contributed by atoms with Crippen LogP contribution in [0.2, 0.25) is 0 Å². The first-order valence-corrected chi connectivity index (χ1v) is 4.53. The zero-order chi connectivity index (χ0) is 9.97. The van der Waals surface area contributed by atoms with Crippen molar-refractivity contribution in [1.29, 1.82) is 0 Å². The Kier molecular flexibility index (Phi) is 2.33. The van der Waals surface area contributed by atoms with Gasteiger partial charge in [-0.15, -0.1) is 0 Å². The average Bonchev–Trinajstić information content (AvgIpc) is 2.71. The normalized spacial score (nSPS) is 12.7. The van der Waals surface area contributed by atoms with Crippen LogP contribution in [0.15, 0.2) is 41.1 Å². The summed E-state index contributed by atoms with van der Waals surface area (Å²) in [5, 5.41) is 0. The molecule has 0 spiro atoms. The maximum atomic E-state index is 5.78. The summed E-state index contributed by atoms with van der Waals surface area (Å²) >= 11 is 0. The molecule has 72 valence electrons. The zero-order valence-corrected chi connectivity index (χ0v) is 7.97. The molecule has 1 aromatic carbocycles. The van der Waals surface area contributed by atoms with Gasteiger partial charge < -0.3 is 10.2 Å². The molecule has 14 heavy (non-hydrogen) atoms. The van der Waals surface area contributed by atoms with Gasteiger partial charge in [-0.05, 0) is 24.6 Å². The van der Waals surface area contributed by atoms with E-state index in [1.54, 1.807) is 12.5 Å². The highest BCUT2D eigenvalue weighted by Gasteiger charge is 2.04. The van der Waals surface area contributed by atoms with E-state index in [0.29, 0.717) is 5.89 Å². The number of hydrogen-bond acceptors (Lipinski definition) is 3. The lowest BCUT2D eigenvalue weighted by atomic mass is 10.1. The molecule has 0 saturated carbocycles. The second kappa shape index (κ2) is 3.64. The van der Waals surface area contributed by atoms with Crippen LogP contribution in [0.5, 0.6) is 0 Å². The summed E-state index contributed by atoms with van der Waals surface area (Å²) in [7, 11) is 0. The molecule has 1 heterocycles. The van der Waals surface area contributed by atoms with E-state index in [9.17, 15) is 0 Å². The van der Waals surface area contributed by atoms with Crippen molar-refractivity contribution in [1.82, 2.24) is 4.98 Å². The topological polar surface area (TPSA) is 52.0 Å². The predicted molar refractivity (Wildman–Crippen MR) is 54.5 cm³/mol. The van der Waals surface area contributed by atoms with Gasteiger partial charge in [-0.2, -0.15) is 0 Å². The molecule has 3 heteroatoms. The lowest BCUT2D eigenvalue weighted by Crippen LogP contribution is -2.04. The summed E-state index contributed by atoms with van der Waals surface area (Å²) in [5.41, 5.74) is 7.83. The lowest BCUT2D eigenvalue weighted by Gasteiger charge is -2.05. The number of nitrogens with two attached hydrogens (primary N) is 1. The van der Waals surface area contributed by atoms with Crippen LogP contribution in [-0.4, -0.2) is 4.98 Å². The van der Waals surface area contributed by atoms with E-state index in [1.807, 2.05) is 31.2 Å². The molecule has 0 amide bonds. The van der Waals surface area contributed by atoms with Crippen LogP contribution in [0, 0.1) is 0 Å². The number of nitrogens with zero attached hydrogens (tertiary/aromatic N) is 1. The Labute approximate surface area is 82.6 Å². The van der Waals surface area contributed by atoms with E-state index in [2.05, 4.69) is 4.98 Å². The Morgan fingerprint density at radius 1 is 1.43 bits per heavy atom. The fraction of sp³-hybridized carbons (Fsp3) is 0.182. The molecule has 0 aliphatic carbocycles. The molecule has 1 atom stereocenters. The minimum absolute atomic E-state index is 0.0323. The molecule has 1 unspecified atom stereocenters. The molecule has 3 nitrogen and oxygen atoms in total. The molecule has 1 aromatic heterocycles. The monoisotopic (exact) mass is 188 g/mol. The van der Waals surface area contributed by atoms with Crippen molar-refractivity contribution < 1.29 is 4.42 Å². The van der Waals surface area contributed by atoms with Gasteiger partial charge in [0.25, 0.3) is 0 Å². The molecular weight excluding hydrogens is 176 g/mol. The van der Waals surface area contributed by atoms with Gasteiger partial charge in [-0.1, -0.05) is 12.1 Å². The molecule has 2 rings (SSSR count). The molecule has 2 N–H and O–H groups in total. The predicted octanol–water partition coefficient (Wildman–Crippen LogP) is 2.36. The third-order valence-corrected chi connectivity index (χ3v) is 2.09. The van der Waals surface area contributed by atoms with Gasteiger partial charge in [0.15, 0.2) is 0 Å². The number of aromatic nitrogens is 1. The maximum absolute atomic E-state index is 5.78. The standard InChI is InChI=1S/C11H12N2O/c1-8(12)9-3-2-4-10(7-9)11-13-5-6-14-11/h2-8H,12H2,1H3. The van der Waals surface area contributed by atoms with Crippen LogP contribution in [0.4, 0.5) is 0 Å². The Morgan fingerprint density at radius 3 is 2.93 bits per heavy atom. The van der Waals surface area contributed by atoms with Crippen molar-refractivity contribution in [3.63, 3.8) is 0 Å². The smallest absolute Gasteiger partial charge is 0.225 e. The van der Waals surface area contributed by atoms with E-state index < -0.39 is 0 Å². The van der Waals surface area contributed by atoms with Crippen molar-refractivity contribution in [2.75, 3.05) is 0 Å². The summed E-state index contributed by atoms with van der Waals surface area (Å²) in [4.78, 5) is 4.08. The minimum atomic E-state index is 0.0323. The molecule has 0 aliphatic rings. The SMILES string of the molecule is CC(N)c1cccc(-c2ncco2)c1. The van der Waals surface area contributed by atoms with E-state index in [-0.39, 0.29) is 6.04 Å². The van der Waals surface area contributed by atoms with Gasteiger partial charge in [0.1, 0.15) is 6.26 Å². The van der Waals surface area contributed by atoms with Gasteiger partial charge in [-0.3, -0.25) is 0 Å². The molecule has 0 aliphatic heterocycles. The van der Waals surface area contributed by atoms with Crippen LogP contribution in [0.1, 0.15) is 18.5 Å². The van der Waals surface area contributed by atoms with Crippen LogP contribution in [0.25, 0.3) is 11.5 Å². The first kappa shape index (κ1) is 8.97. The second-order valence-corrected chi connectivity index (χ2v) is 3.25. The van der Waals surface area contributed by atoms with Crippen LogP contribution in [-0.2, 0) is 0 Å². The minimum Gasteiger partial charge on any atom is -0.445 e. The van der Waals surface area contributed by atoms with Crippen LogP contribution < -0.4 is 5.73 Å². The van der Waals surface area contributed by atoms with Crippen molar-refractivity contribution in [2.45, 2.75) is 13.0 Å². The van der Waals surface area contributed by atoms with Gasteiger partial charge in [-0.25, -0.2) is 4.98 Å². The fourth-order valence-electron chi connectivity index (χ4n) is 1.32. The van der Waals surface area contributed by atoms with E-state index >= 15 is 0 Å². The number of benzene rings is 1. The van der Waals surface area contributed by atoms with E-state index in [0.717, 1.165) is 11.1 Å². The van der Waals surface area contributed by atoms with E-state index in [4.69, 9.17) is 10.2 Å². The number of rotatable bonds is 2. The van der Waals surface area contributed by atoms with Gasteiger partial charge in [0.05, 0.1) is 6.20 Å². The summed E-state index contributed by atoms with van der Waals surface area (Å²) in [5.74, 6) is 0.632.